The van der Waals surface area contributed by atoms with Gasteiger partial charge in [0.05, 0.1) is 18.1 Å². The van der Waals surface area contributed by atoms with Gasteiger partial charge in [0.15, 0.2) is 5.78 Å². The number of carbonyl (C=O) groups excluding carboxylic acids is 3. The zero-order valence-corrected chi connectivity index (χ0v) is 25.3. The van der Waals surface area contributed by atoms with Crippen molar-refractivity contribution < 1.29 is 19.1 Å². The third kappa shape index (κ3) is 4.03. The number of hydrogen-bond acceptors (Lipinski definition) is 5. The fourth-order valence-electron chi connectivity index (χ4n) is 10.1. The highest BCUT2D eigenvalue weighted by Crippen LogP contribution is 2.70. The zero-order valence-electron chi connectivity index (χ0n) is 25.3. The van der Waals surface area contributed by atoms with E-state index in [0.717, 1.165) is 44.9 Å². The third-order valence-corrected chi connectivity index (χ3v) is 12.7. The summed E-state index contributed by atoms with van der Waals surface area (Å²) in [7, 11) is 1.51. The van der Waals surface area contributed by atoms with Crippen LogP contribution in [-0.2, 0) is 19.1 Å². The van der Waals surface area contributed by atoms with E-state index < -0.39 is 16.2 Å². The summed E-state index contributed by atoms with van der Waals surface area (Å²) in [4.78, 5) is 40.0. The van der Waals surface area contributed by atoms with Crippen molar-refractivity contribution in [1.82, 2.24) is 0 Å². The normalized spacial score (nSPS) is 43.8. The van der Waals surface area contributed by atoms with Crippen molar-refractivity contribution in [3.05, 3.63) is 11.6 Å². The van der Waals surface area contributed by atoms with E-state index in [-0.39, 0.29) is 57.1 Å². The minimum absolute atomic E-state index is 0.0486. The molecule has 0 amide bonds. The first-order chi connectivity index (χ1) is 17.4. The second kappa shape index (κ2) is 9.03. The Morgan fingerprint density at radius 2 is 1.68 bits per heavy atom. The second-order valence-electron chi connectivity index (χ2n) is 15.5. The standard InChI is InChI=1S/C33H49NO4/c1-21-17-28(2,3)12-14-33(21,27(37)38-9)15-13-30(6)19-23(35)16-25-31(7)18-22(20-34)26(36)29(4,5)24(31)10-11-32(25,30)8/h18,21,24-25H,10-17,19H2,1-9H3/t21?,24?,25-,30-,31+,32-,33+/m1/s1. The molecule has 2 unspecified atom stereocenters. The summed E-state index contributed by atoms with van der Waals surface area (Å²) < 4.78 is 5.42. The molecule has 0 radical (unpaired) electrons. The molecule has 4 aliphatic carbocycles. The summed E-state index contributed by atoms with van der Waals surface area (Å²) in [6, 6.07) is 2.19. The van der Waals surface area contributed by atoms with Crippen LogP contribution in [-0.4, -0.2) is 24.6 Å². The Hall–Kier alpha value is -1.96. The maximum absolute atomic E-state index is 13.5. The first kappa shape index (κ1) is 29.0. The lowest BCUT2D eigenvalue weighted by molar-refractivity contribution is -0.178. The number of methoxy groups -OCH3 is 1. The van der Waals surface area contributed by atoms with E-state index in [0.29, 0.717) is 12.8 Å². The van der Waals surface area contributed by atoms with E-state index in [1.165, 1.54) is 7.11 Å². The molecule has 4 rings (SSSR count). The van der Waals surface area contributed by atoms with Crippen LogP contribution in [0.2, 0.25) is 0 Å². The molecular formula is C33H49NO4. The maximum atomic E-state index is 13.5. The van der Waals surface area contributed by atoms with Crippen LogP contribution in [0.1, 0.15) is 113 Å². The summed E-state index contributed by atoms with van der Waals surface area (Å²) in [5.74, 6) is 0.457. The van der Waals surface area contributed by atoms with Gasteiger partial charge in [0, 0.05) is 18.3 Å². The van der Waals surface area contributed by atoms with Gasteiger partial charge in [-0.1, -0.05) is 61.5 Å². The molecule has 4 aliphatic rings. The zero-order chi connectivity index (χ0) is 28.5. The molecule has 3 saturated carbocycles. The van der Waals surface area contributed by atoms with Crippen molar-refractivity contribution >= 4 is 17.5 Å². The third-order valence-electron chi connectivity index (χ3n) is 12.7. The quantitative estimate of drug-likeness (QED) is 0.363. The van der Waals surface area contributed by atoms with E-state index in [9.17, 15) is 19.6 Å². The second-order valence-corrected chi connectivity index (χ2v) is 15.5. The number of hydrogen-bond donors (Lipinski definition) is 0. The van der Waals surface area contributed by atoms with Crippen LogP contribution < -0.4 is 0 Å². The first-order valence-corrected chi connectivity index (χ1v) is 14.7. The number of carbonyl (C=O) groups is 3. The number of Topliss-reactive ketones (excluding diaryl/α,β-unsaturated/α-hetero) is 2. The molecule has 0 aliphatic heterocycles. The summed E-state index contributed by atoms with van der Waals surface area (Å²) in [6.45, 7) is 17.6. The molecule has 0 aromatic rings. The topological polar surface area (TPSA) is 84.2 Å². The summed E-state index contributed by atoms with van der Waals surface area (Å²) >= 11 is 0. The van der Waals surface area contributed by atoms with Gasteiger partial charge in [-0.15, -0.1) is 0 Å². The Morgan fingerprint density at radius 1 is 1.03 bits per heavy atom. The van der Waals surface area contributed by atoms with Crippen molar-refractivity contribution in [2.75, 3.05) is 7.11 Å². The van der Waals surface area contributed by atoms with Crippen LogP contribution in [0.15, 0.2) is 11.6 Å². The molecule has 0 aromatic carbocycles. The van der Waals surface area contributed by atoms with Gasteiger partial charge in [0.2, 0.25) is 0 Å². The Morgan fingerprint density at radius 3 is 2.26 bits per heavy atom. The fourth-order valence-corrected chi connectivity index (χ4v) is 10.1. The fraction of sp³-hybridized carbons (Fsp3) is 0.818. The summed E-state index contributed by atoms with van der Waals surface area (Å²) in [5, 5.41) is 9.86. The number of esters is 1. The van der Waals surface area contributed by atoms with Gasteiger partial charge in [-0.2, -0.15) is 5.26 Å². The molecule has 0 saturated heterocycles. The molecule has 38 heavy (non-hydrogen) atoms. The van der Waals surface area contributed by atoms with Crippen LogP contribution in [0.3, 0.4) is 0 Å². The SMILES string of the molecule is COC(=O)[C@]1(CC[C@]2(C)CC(=O)C[C@@H]3[C@@]4(C)C=C(C#N)C(=O)C(C)(C)C4CC[C@]32C)CCC(C)(C)CC1C. The van der Waals surface area contributed by atoms with Crippen LogP contribution in [0.4, 0.5) is 0 Å². The highest BCUT2D eigenvalue weighted by molar-refractivity contribution is 6.04. The van der Waals surface area contributed by atoms with Gasteiger partial charge in [0.25, 0.3) is 0 Å². The highest BCUT2D eigenvalue weighted by atomic mass is 16.5. The molecule has 0 aromatic heterocycles. The molecule has 0 N–H and O–H groups in total. The molecule has 210 valence electrons. The van der Waals surface area contributed by atoms with Crippen molar-refractivity contribution in [2.45, 2.75) is 113 Å². The van der Waals surface area contributed by atoms with Crippen molar-refractivity contribution in [1.29, 1.82) is 5.26 Å². The highest BCUT2D eigenvalue weighted by Gasteiger charge is 2.66. The smallest absolute Gasteiger partial charge is 0.312 e. The number of nitriles is 1. The van der Waals surface area contributed by atoms with E-state index in [2.05, 4.69) is 47.6 Å². The number of ketones is 2. The van der Waals surface area contributed by atoms with Gasteiger partial charge < -0.3 is 4.74 Å². The largest absolute Gasteiger partial charge is 0.469 e. The molecule has 3 fully saturated rings. The first-order valence-electron chi connectivity index (χ1n) is 14.7. The Bertz CT molecular complexity index is 1110. The van der Waals surface area contributed by atoms with Crippen LogP contribution in [0.5, 0.6) is 0 Å². The predicted molar refractivity (Wildman–Crippen MR) is 148 cm³/mol. The van der Waals surface area contributed by atoms with E-state index in [1.54, 1.807) is 0 Å². The molecule has 5 nitrogen and oxygen atoms in total. The van der Waals surface area contributed by atoms with Gasteiger partial charge in [-0.25, -0.2) is 0 Å². The molecule has 5 heteroatoms. The predicted octanol–water partition coefficient (Wildman–Crippen LogP) is 7.24. The van der Waals surface area contributed by atoms with Gasteiger partial charge >= 0.3 is 5.97 Å². The number of fused-ring (bicyclic) bond motifs is 3. The monoisotopic (exact) mass is 523 g/mol. The lowest BCUT2D eigenvalue weighted by Gasteiger charge is -2.66. The molecular weight excluding hydrogens is 474 g/mol. The van der Waals surface area contributed by atoms with Crippen molar-refractivity contribution in [3.63, 3.8) is 0 Å². The Labute approximate surface area is 230 Å². The Kier molecular flexibility index (Phi) is 6.90. The number of nitrogens with zero attached hydrogens (tertiary/aromatic N) is 1. The van der Waals surface area contributed by atoms with Crippen molar-refractivity contribution in [2.24, 2.45) is 50.2 Å². The number of ether oxygens (including phenoxy) is 1. The summed E-state index contributed by atoms with van der Waals surface area (Å²) in [6.07, 6.45) is 9.12. The van der Waals surface area contributed by atoms with Crippen LogP contribution in [0, 0.1) is 61.6 Å². The van der Waals surface area contributed by atoms with Gasteiger partial charge in [-0.05, 0) is 84.4 Å². The van der Waals surface area contributed by atoms with Crippen molar-refractivity contribution in [3.8, 4) is 6.07 Å². The van der Waals surface area contributed by atoms with Gasteiger partial charge in [0.1, 0.15) is 11.9 Å². The van der Waals surface area contributed by atoms with E-state index >= 15 is 0 Å². The number of allylic oxidation sites excluding steroid dienone is 2. The minimum Gasteiger partial charge on any atom is -0.469 e. The molecule has 7 atom stereocenters. The summed E-state index contributed by atoms with van der Waals surface area (Å²) in [5.41, 5.74) is -1.52. The molecule has 0 spiro atoms. The minimum atomic E-state index is -0.633. The molecule has 0 heterocycles. The Balaban J connectivity index is 1.73. The molecule has 0 bridgehead atoms. The van der Waals surface area contributed by atoms with Gasteiger partial charge in [-0.3, -0.25) is 14.4 Å². The maximum Gasteiger partial charge on any atom is 0.312 e. The average Bonchev–Trinajstić information content (AvgIpc) is 2.82. The van der Waals surface area contributed by atoms with E-state index in [4.69, 9.17) is 4.74 Å². The number of rotatable bonds is 4. The lowest BCUT2D eigenvalue weighted by Crippen LogP contribution is -2.62. The lowest BCUT2D eigenvalue weighted by atomic mass is 9.37. The average molecular weight is 524 g/mol. The van der Waals surface area contributed by atoms with Crippen LogP contribution in [0.25, 0.3) is 0 Å². The van der Waals surface area contributed by atoms with E-state index in [1.807, 2.05) is 19.9 Å². The van der Waals surface area contributed by atoms with Crippen LogP contribution >= 0.6 is 0 Å².